The Morgan fingerprint density at radius 1 is 1.40 bits per heavy atom. The molecule has 1 aromatic carbocycles. The molecule has 1 saturated heterocycles. The van der Waals surface area contributed by atoms with Gasteiger partial charge in [0.15, 0.2) is 0 Å². The van der Waals surface area contributed by atoms with E-state index in [2.05, 4.69) is 11.9 Å². The third-order valence-corrected chi connectivity index (χ3v) is 3.72. The zero-order valence-corrected chi connectivity index (χ0v) is 11.4. The van der Waals surface area contributed by atoms with Gasteiger partial charge in [0.1, 0.15) is 5.75 Å². The number of benzene rings is 1. The van der Waals surface area contributed by atoms with E-state index in [0.717, 1.165) is 31.5 Å². The van der Waals surface area contributed by atoms with E-state index in [0.29, 0.717) is 18.4 Å². The van der Waals surface area contributed by atoms with Gasteiger partial charge in [-0.15, -0.1) is 0 Å². The number of alkyl halides is 3. The highest BCUT2D eigenvalue weighted by atomic mass is 19.4. The van der Waals surface area contributed by atoms with Crippen LogP contribution in [0.2, 0.25) is 0 Å². The summed E-state index contributed by atoms with van der Waals surface area (Å²) in [6.07, 6.45) is -1.19. The average Bonchev–Trinajstić information content (AvgIpc) is 2.76. The highest BCUT2D eigenvalue weighted by Crippen LogP contribution is 2.33. The zero-order chi connectivity index (χ0) is 14.8. The van der Waals surface area contributed by atoms with E-state index in [-0.39, 0.29) is 5.69 Å². The molecule has 1 aromatic rings. The maximum Gasteiger partial charge on any atom is 0.416 e. The standard InChI is InChI=1S/C14H19F3N2O/c1-19-7-2-3-11(19)6-8-20-13-5-4-10(9-12(13)18)14(15,16)17/h4-5,9,11H,2-3,6-8,18H2,1H3. The van der Waals surface area contributed by atoms with Gasteiger partial charge in [0.05, 0.1) is 17.9 Å². The lowest BCUT2D eigenvalue weighted by atomic mass is 10.1. The minimum atomic E-state index is -4.38. The predicted molar refractivity (Wildman–Crippen MR) is 71.6 cm³/mol. The van der Waals surface area contributed by atoms with Crippen molar-refractivity contribution in [2.24, 2.45) is 0 Å². The van der Waals surface area contributed by atoms with Crippen molar-refractivity contribution in [3.63, 3.8) is 0 Å². The van der Waals surface area contributed by atoms with Crippen molar-refractivity contribution in [3.05, 3.63) is 23.8 Å². The van der Waals surface area contributed by atoms with Gasteiger partial charge in [0.25, 0.3) is 0 Å². The Balaban J connectivity index is 1.90. The summed E-state index contributed by atoms with van der Waals surface area (Å²) in [5.41, 5.74) is 4.88. The quantitative estimate of drug-likeness (QED) is 0.865. The molecule has 2 N–H and O–H groups in total. The number of nitrogens with two attached hydrogens (primary N) is 1. The van der Waals surface area contributed by atoms with Gasteiger partial charge in [-0.2, -0.15) is 13.2 Å². The van der Waals surface area contributed by atoms with Crippen molar-refractivity contribution < 1.29 is 17.9 Å². The molecule has 2 rings (SSSR count). The first-order valence-electron chi connectivity index (χ1n) is 6.67. The highest BCUT2D eigenvalue weighted by molar-refractivity contribution is 5.54. The summed E-state index contributed by atoms with van der Waals surface area (Å²) >= 11 is 0. The van der Waals surface area contributed by atoms with Gasteiger partial charge in [-0.05, 0) is 51.1 Å². The van der Waals surface area contributed by atoms with Crippen molar-refractivity contribution in [2.45, 2.75) is 31.5 Å². The van der Waals surface area contributed by atoms with Crippen LogP contribution in [-0.2, 0) is 6.18 Å². The van der Waals surface area contributed by atoms with Gasteiger partial charge in [0, 0.05) is 6.04 Å². The maximum absolute atomic E-state index is 12.5. The monoisotopic (exact) mass is 288 g/mol. The minimum absolute atomic E-state index is 0.0274. The predicted octanol–water partition coefficient (Wildman–Crippen LogP) is 3.15. The number of ether oxygens (including phenoxy) is 1. The summed E-state index contributed by atoms with van der Waals surface area (Å²) in [4.78, 5) is 2.28. The molecule has 1 heterocycles. The van der Waals surface area contributed by atoms with E-state index in [1.807, 2.05) is 0 Å². The zero-order valence-electron chi connectivity index (χ0n) is 11.4. The van der Waals surface area contributed by atoms with E-state index < -0.39 is 11.7 Å². The van der Waals surface area contributed by atoms with Crippen LogP contribution in [0.25, 0.3) is 0 Å². The second-order valence-corrected chi connectivity index (χ2v) is 5.16. The van der Waals surface area contributed by atoms with E-state index in [9.17, 15) is 13.2 Å². The number of likely N-dealkylation sites (tertiary alicyclic amines) is 1. The number of hydrogen-bond acceptors (Lipinski definition) is 3. The number of halogens is 3. The molecule has 0 saturated carbocycles. The first kappa shape index (κ1) is 15.0. The number of anilines is 1. The molecule has 6 heteroatoms. The van der Waals surface area contributed by atoms with Crippen LogP contribution in [0, 0.1) is 0 Å². The minimum Gasteiger partial charge on any atom is -0.491 e. The SMILES string of the molecule is CN1CCCC1CCOc1ccc(C(F)(F)F)cc1N. The van der Waals surface area contributed by atoms with Crippen LogP contribution in [0.1, 0.15) is 24.8 Å². The van der Waals surface area contributed by atoms with E-state index in [4.69, 9.17) is 10.5 Å². The molecule has 20 heavy (non-hydrogen) atoms. The number of nitrogen functional groups attached to an aromatic ring is 1. The molecule has 1 unspecified atom stereocenters. The molecule has 0 aliphatic carbocycles. The summed E-state index contributed by atoms with van der Waals surface area (Å²) in [7, 11) is 2.07. The summed E-state index contributed by atoms with van der Waals surface area (Å²) in [5.74, 6) is 0.318. The molecule has 0 amide bonds. The smallest absolute Gasteiger partial charge is 0.416 e. The van der Waals surface area contributed by atoms with Crippen LogP contribution in [-0.4, -0.2) is 31.1 Å². The second kappa shape index (κ2) is 5.91. The van der Waals surface area contributed by atoms with Gasteiger partial charge < -0.3 is 15.4 Å². The molecular weight excluding hydrogens is 269 g/mol. The highest BCUT2D eigenvalue weighted by Gasteiger charge is 2.31. The van der Waals surface area contributed by atoms with Gasteiger partial charge in [-0.3, -0.25) is 0 Å². The van der Waals surface area contributed by atoms with Crippen molar-refractivity contribution in [1.29, 1.82) is 0 Å². The van der Waals surface area contributed by atoms with Crippen LogP contribution in [0.4, 0.5) is 18.9 Å². The molecule has 1 aliphatic heterocycles. The third-order valence-electron chi connectivity index (χ3n) is 3.72. The topological polar surface area (TPSA) is 38.5 Å². The molecule has 0 aromatic heterocycles. The molecule has 0 bridgehead atoms. The van der Waals surface area contributed by atoms with E-state index in [1.165, 1.54) is 12.5 Å². The fourth-order valence-corrected chi connectivity index (χ4v) is 2.51. The van der Waals surface area contributed by atoms with Crippen LogP contribution >= 0.6 is 0 Å². The third kappa shape index (κ3) is 3.56. The molecule has 3 nitrogen and oxygen atoms in total. The Morgan fingerprint density at radius 3 is 2.70 bits per heavy atom. The Kier molecular flexibility index (Phi) is 4.42. The lowest BCUT2D eigenvalue weighted by Crippen LogP contribution is -2.26. The normalized spacial score (nSPS) is 20.3. The second-order valence-electron chi connectivity index (χ2n) is 5.16. The molecule has 0 spiro atoms. The maximum atomic E-state index is 12.5. The van der Waals surface area contributed by atoms with E-state index in [1.54, 1.807) is 0 Å². The van der Waals surface area contributed by atoms with Crippen LogP contribution in [0.3, 0.4) is 0 Å². The fraction of sp³-hybridized carbons (Fsp3) is 0.571. The summed E-state index contributed by atoms with van der Waals surface area (Å²) in [5, 5.41) is 0. The summed E-state index contributed by atoms with van der Waals surface area (Å²) in [6.45, 7) is 1.55. The Morgan fingerprint density at radius 2 is 2.15 bits per heavy atom. The van der Waals surface area contributed by atoms with Crippen molar-refractivity contribution in [3.8, 4) is 5.75 Å². The van der Waals surface area contributed by atoms with Gasteiger partial charge in [-0.1, -0.05) is 0 Å². The van der Waals surface area contributed by atoms with E-state index >= 15 is 0 Å². The Hall–Kier alpha value is -1.43. The van der Waals surface area contributed by atoms with Gasteiger partial charge in [-0.25, -0.2) is 0 Å². The lowest BCUT2D eigenvalue weighted by molar-refractivity contribution is -0.137. The Labute approximate surface area is 116 Å². The first-order valence-corrected chi connectivity index (χ1v) is 6.67. The number of rotatable bonds is 4. The molecule has 1 aliphatic rings. The Bertz CT molecular complexity index is 462. The van der Waals surface area contributed by atoms with Gasteiger partial charge >= 0.3 is 6.18 Å². The summed E-state index contributed by atoms with van der Waals surface area (Å²) < 4.78 is 43.0. The average molecular weight is 288 g/mol. The molecule has 0 radical (unpaired) electrons. The fourth-order valence-electron chi connectivity index (χ4n) is 2.51. The lowest BCUT2D eigenvalue weighted by Gasteiger charge is -2.19. The van der Waals surface area contributed by atoms with Crippen LogP contribution < -0.4 is 10.5 Å². The van der Waals surface area contributed by atoms with Crippen LogP contribution in [0.5, 0.6) is 5.75 Å². The number of nitrogens with zero attached hydrogens (tertiary/aromatic N) is 1. The molecular formula is C14H19F3N2O. The van der Waals surface area contributed by atoms with Gasteiger partial charge in [0.2, 0.25) is 0 Å². The molecule has 112 valence electrons. The van der Waals surface area contributed by atoms with Crippen molar-refractivity contribution in [2.75, 3.05) is 25.9 Å². The summed E-state index contributed by atoms with van der Waals surface area (Å²) in [6, 6.07) is 3.69. The molecule has 1 fully saturated rings. The van der Waals surface area contributed by atoms with Crippen molar-refractivity contribution in [1.82, 2.24) is 4.90 Å². The largest absolute Gasteiger partial charge is 0.491 e. The van der Waals surface area contributed by atoms with Crippen LogP contribution in [0.15, 0.2) is 18.2 Å². The molecule has 1 atom stereocenters. The van der Waals surface area contributed by atoms with Crippen molar-refractivity contribution >= 4 is 5.69 Å². The first-order chi connectivity index (χ1) is 9.38. The number of hydrogen-bond donors (Lipinski definition) is 1.